The van der Waals surface area contributed by atoms with E-state index < -0.39 is 12.0 Å². The van der Waals surface area contributed by atoms with Crippen molar-refractivity contribution in [2.45, 2.75) is 110 Å². The van der Waals surface area contributed by atoms with E-state index in [1.54, 1.807) is 0 Å². The first-order chi connectivity index (χ1) is 12.6. The van der Waals surface area contributed by atoms with E-state index in [1.165, 1.54) is 77.6 Å². The summed E-state index contributed by atoms with van der Waals surface area (Å²) in [6.07, 6.45) is 21.3. The molecule has 0 radical (unpaired) electrons. The number of carboxylic acid groups (broad SMARTS) is 1. The van der Waals surface area contributed by atoms with Gasteiger partial charge >= 0.3 is 51.4 Å². The second kappa shape index (κ2) is 22.8. The van der Waals surface area contributed by atoms with E-state index in [9.17, 15) is 14.7 Å². The van der Waals surface area contributed by atoms with Crippen molar-refractivity contribution in [1.82, 2.24) is 5.32 Å². The monoisotopic (exact) mass is 405 g/mol. The van der Waals surface area contributed by atoms with Crippen LogP contribution in [0.2, 0.25) is 0 Å². The van der Waals surface area contributed by atoms with Crippen LogP contribution in [0.3, 0.4) is 0 Å². The zero-order chi connectivity index (χ0) is 19.5. The number of carboxylic acids is 1. The van der Waals surface area contributed by atoms with Crippen LogP contribution in [-0.2, 0) is 9.59 Å². The van der Waals surface area contributed by atoms with Crippen LogP contribution in [-0.4, -0.2) is 24.3 Å². The van der Waals surface area contributed by atoms with Crippen LogP contribution in [0.5, 0.6) is 0 Å². The molecular formula is C22H40KNO3. The van der Waals surface area contributed by atoms with Crippen molar-refractivity contribution in [3.05, 3.63) is 12.2 Å². The van der Waals surface area contributed by atoms with E-state index in [0.29, 0.717) is 6.42 Å². The van der Waals surface area contributed by atoms with Crippen LogP contribution in [0.4, 0.5) is 0 Å². The second-order valence-electron chi connectivity index (χ2n) is 7.29. The second-order valence-corrected chi connectivity index (χ2v) is 7.29. The van der Waals surface area contributed by atoms with Gasteiger partial charge in [0.2, 0.25) is 0 Å². The first-order valence-corrected chi connectivity index (χ1v) is 10.7. The summed E-state index contributed by atoms with van der Waals surface area (Å²) in [6.45, 7) is 3.87. The Kier molecular flexibility index (Phi) is 25.0. The van der Waals surface area contributed by atoms with Gasteiger partial charge < -0.3 is 15.2 Å². The van der Waals surface area contributed by atoms with Gasteiger partial charge in [0, 0.05) is 12.5 Å². The first-order valence-electron chi connectivity index (χ1n) is 10.7. The van der Waals surface area contributed by atoms with Crippen molar-refractivity contribution in [3.63, 3.8) is 0 Å². The quantitative estimate of drug-likeness (QED) is 0.200. The largest absolute Gasteiger partial charge is 1.00 e. The van der Waals surface area contributed by atoms with E-state index in [0.717, 1.165) is 12.8 Å². The zero-order valence-electron chi connectivity index (χ0n) is 18.1. The summed E-state index contributed by atoms with van der Waals surface area (Å²) in [4.78, 5) is 22.1. The van der Waals surface area contributed by atoms with Crippen LogP contribution >= 0.6 is 0 Å². The molecule has 0 aromatic carbocycles. The molecule has 4 nitrogen and oxygen atoms in total. The number of aliphatic carboxylic acids is 1. The maximum absolute atomic E-state index is 11.6. The topological polar surface area (TPSA) is 69.2 Å². The molecule has 0 unspecified atom stereocenters. The van der Waals surface area contributed by atoms with E-state index in [1.807, 2.05) is 0 Å². The summed E-state index contributed by atoms with van der Waals surface area (Å²) in [5.41, 5.74) is 0. The van der Waals surface area contributed by atoms with Crippen molar-refractivity contribution in [3.8, 4) is 0 Å². The maximum Gasteiger partial charge on any atom is 1.00 e. The Bertz CT molecular complexity index is 386. The van der Waals surface area contributed by atoms with Crippen LogP contribution in [0, 0.1) is 0 Å². The normalized spacial score (nSPS) is 12.1. The molecule has 0 rings (SSSR count). The molecule has 0 amide bonds. The molecule has 0 saturated carbocycles. The van der Waals surface area contributed by atoms with E-state index >= 15 is 0 Å². The molecule has 0 fully saturated rings. The van der Waals surface area contributed by atoms with E-state index in [2.05, 4.69) is 24.4 Å². The summed E-state index contributed by atoms with van der Waals surface area (Å²) in [5, 5.41) is 13.2. The molecule has 152 valence electrons. The Morgan fingerprint density at radius 3 is 1.85 bits per heavy atom. The first kappa shape index (κ1) is 29.7. The molecule has 27 heavy (non-hydrogen) atoms. The number of carbonyl (C=O) groups is 2. The number of nitrogens with one attached hydrogen (secondary N) is 1. The van der Waals surface area contributed by atoms with Crippen molar-refractivity contribution in [1.29, 1.82) is 0 Å². The number of rotatable bonds is 19. The predicted octanol–water partition coefficient (Wildman–Crippen LogP) is 1.33. The minimum atomic E-state index is -1.17. The van der Waals surface area contributed by atoms with Gasteiger partial charge in [0.15, 0.2) is 0 Å². The summed E-state index contributed by atoms with van der Waals surface area (Å²) >= 11 is 0. The molecule has 0 aliphatic heterocycles. The van der Waals surface area contributed by atoms with Gasteiger partial charge in [0.25, 0.3) is 0 Å². The van der Waals surface area contributed by atoms with E-state index in [4.69, 9.17) is 0 Å². The SMILES string of the molecule is CCCCCCCC/C=C\CCCCCCCC(=O)CN[C@@H](C)C(=O)[O-].[K+]. The fourth-order valence-electron chi connectivity index (χ4n) is 2.83. The molecule has 1 N–H and O–H groups in total. The molecule has 1 atom stereocenters. The van der Waals surface area contributed by atoms with Crippen LogP contribution in [0.15, 0.2) is 12.2 Å². The van der Waals surface area contributed by atoms with Crippen LogP contribution in [0.1, 0.15) is 104 Å². The minimum Gasteiger partial charge on any atom is -0.548 e. The van der Waals surface area contributed by atoms with Crippen LogP contribution < -0.4 is 61.8 Å². The maximum atomic E-state index is 11.6. The Hall–Kier alpha value is 0.476. The van der Waals surface area contributed by atoms with E-state index in [-0.39, 0.29) is 63.7 Å². The van der Waals surface area contributed by atoms with Crippen LogP contribution in [0.25, 0.3) is 0 Å². The molecule has 0 saturated heterocycles. The molecule has 0 spiro atoms. The molecule has 0 heterocycles. The third kappa shape index (κ3) is 22.6. The predicted molar refractivity (Wildman–Crippen MR) is 107 cm³/mol. The van der Waals surface area contributed by atoms with Gasteiger partial charge in [-0.1, -0.05) is 70.4 Å². The molecule has 0 aromatic rings. The molecular weight excluding hydrogens is 365 g/mol. The van der Waals surface area contributed by atoms with Gasteiger partial charge in [0.05, 0.1) is 12.5 Å². The minimum absolute atomic E-state index is 0. The third-order valence-electron chi connectivity index (χ3n) is 4.68. The average molecular weight is 406 g/mol. The van der Waals surface area contributed by atoms with Gasteiger partial charge in [0.1, 0.15) is 5.78 Å². The fraction of sp³-hybridized carbons (Fsp3) is 0.818. The summed E-state index contributed by atoms with van der Waals surface area (Å²) in [7, 11) is 0. The van der Waals surface area contributed by atoms with Crippen molar-refractivity contribution in [2.75, 3.05) is 6.54 Å². The van der Waals surface area contributed by atoms with Crippen molar-refractivity contribution in [2.24, 2.45) is 0 Å². The molecule has 0 aliphatic rings. The Morgan fingerprint density at radius 1 is 0.852 bits per heavy atom. The number of unbranched alkanes of at least 4 members (excludes halogenated alkanes) is 11. The van der Waals surface area contributed by atoms with Gasteiger partial charge in [-0.05, 0) is 39.0 Å². The zero-order valence-corrected chi connectivity index (χ0v) is 21.2. The average Bonchev–Trinajstić information content (AvgIpc) is 2.62. The Balaban J connectivity index is 0. The number of allylic oxidation sites excluding steroid dienone is 2. The number of hydrogen-bond acceptors (Lipinski definition) is 4. The van der Waals surface area contributed by atoms with Crippen molar-refractivity contribution >= 4 is 11.8 Å². The molecule has 0 aliphatic carbocycles. The summed E-state index contributed by atoms with van der Waals surface area (Å²) in [6, 6.07) is -0.770. The summed E-state index contributed by atoms with van der Waals surface area (Å²) < 4.78 is 0. The van der Waals surface area contributed by atoms with Crippen molar-refractivity contribution < 1.29 is 66.1 Å². The number of Topliss-reactive ketones (excluding diaryl/α,β-unsaturated/α-hetero) is 1. The summed E-state index contributed by atoms with van der Waals surface area (Å²) in [5.74, 6) is -1.09. The number of hydrogen-bond donors (Lipinski definition) is 1. The van der Waals surface area contributed by atoms with Gasteiger partial charge in [-0.3, -0.25) is 4.79 Å². The third-order valence-corrected chi connectivity index (χ3v) is 4.68. The van der Waals surface area contributed by atoms with Gasteiger partial charge in [-0.2, -0.15) is 0 Å². The number of ketones is 1. The molecule has 5 heteroatoms. The Morgan fingerprint density at radius 2 is 1.33 bits per heavy atom. The Labute approximate surface area is 209 Å². The smallest absolute Gasteiger partial charge is 0.548 e. The van der Waals surface area contributed by atoms with Gasteiger partial charge in [-0.25, -0.2) is 0 Å². The van der Waals surface area contributed by atoms with Gasteiger partial charge in [-0.15, -0.1) is 0 Å². The molecule has 0 aromatic heterocycles. The fourth-order valence-corrected chi connectivity index (χ4v) is 2.83. The standard InChI is InChI=1S/C22H41NO3.K/c1-3-4-5-6-7-8-9-10-11-12-13-14-15-16-17-18-21(24)19-23-20(2)22(25)26;/h10-11,20,23H,3-9,12-19H2,1-2H3,(H,25,26);/q;+1/p-1/b11-10-;/t20-;/m0./s1. The molecule has 0 bridgehead atoms. The number of carbonyl (C=O) groups excluding carboxylic acids is 2.